The SMILES string of the molecule is N#Cc1c(N)[nH]c(=O)c(C#N)c1-c1cccc2cccnc12. The lowest BCUT2D eigenvalue weighted by molar-refractivity contribution is 1.21. The van der Waals surface area contributed by atoms with Crippen LogP contribution in [0.15, 0.2) is 41.3 Å². The second-order valence-corrected chi connectivity index (χ2v) is 4.60. The summed E-state index contributed by atoms with van der Waals surface area (Å²) in [4.78, 5) is 18.6. The van der Waals surface area contributed by atoms with E-state index in [1.807, 2.05) is 24.3 Å². The summed E-state index contributed by atoms with van der Waals surface area (Å²) in [7, 11) is 0. The molecule has 0 spiro atoms. The molecule has 0 bridgehead atoms. The van der Waals surface area contributed by atoms with Crippen molar-refractivity contribution in [2.75, 3.05) is 5.73 Å². The molecule has 3 N–H and O–H groups in total. The third kappa shape index (κ3) is 1.88. The lowest BCUT2D eigenvalue weighted by Gasteiger charge is -2.10. The third-order valence-corrected chi connectivity index (χ3v) is 3.37. The molecule has 3 rings (SSSR count). The van der Waals surface area contributed by atoms with Crippen molar-refractivity contribution in [1.82, 2.24) is 9.97 Å². The van der Waals surface area contributed by atoms with Crippen molar-refractivity contribution in [2.45, 2.75) is 0 Å². The average molecular weight is 287 g/mol. The highest BCUT2D eigenvalue weighted by atomic mass is 16.1. The summed E-state index contributed by atoms with van der Waals surface area (Å²) in [6.07, 6.45) is 1.61. The number of nitrogens with one attached hydrogen (secondary N) is 1. The van der Waals surface area contributed by atoms with Gasteiger partial charge in [0.2, 0.25) is 0 Å². The molecule has 0 aliphatic carbocycles. The van der Waals surface area contributed by atoms with Crippen molar-refractivity contribution < 1.29 is 0 Å². The number of nitrogens with two attached hydrogens (primary N) is 1. The molecule has 0 fully saturated rings. The molecule has 22 heavy (non-hydrogen) atoms. The summed E-state index contributed by atoms with van der Waals surface area (Å²) in [6, 6.07) is 12.8. The molecule has 1 aromatic carbocycles. The summed E-state index contributed by atoms with van der Waals surface area (Å²) >= 11 is 0. The standard InChI is InChI=1S/C16H9N5O/c17-7-11-13(12(8-18)16(22)21-15(11)19)10-5-1-3-9-4-2-6-20-14(9)10/h1-6H,(H3,19,21,22). The molecule has 3 aromatic rings. The van der Waals surface area contributed by atoms with Crippen LogP contribution < -0.4 is 11.3 Å². The molecule has 0 saturated carbocycles. The summed E-state index contributed by atoms with van der Waals surface area (Å²) in [5, 5.41) is 19.5. The Morgan fingerprint density at radius 2 is 1.82 bits per heavy atom. The van der Waals surface area contributed by atoms with Gasteiger partial charge in [-0.15, -0.1) is 0 Å². The number of fused-ring (bicyclic) bond motifs is 1. The zero-order valence-corrected chi connectivity index (χ0v) is 11.3. The Bertz CT molecular complexity index is 1030. The van der Waals surface area contributed by atoms with Crippen molar-refractivity contribution in [1.29, 1.82) is 10.5 Å². The van der Waals surface area contributed by atoms with Crippen LogP contribution in [0.5, 0.6) is 0 Å². The molecule has 104 valence electrons. The zero-order valence-electron chi connectivity index (χ0n) is 11.3. The molecule has 6 heteroatoms. The number of aromatic amines is 1. The van der Waals surface area contributed by atoms with Crippen molar-refractivity contribution in [2.24, 2.45) is 0 Å². The van der Waals surface area contributed by atoms with E-state index in [1.165, 1.54) is 0 Å². The summed E-state index contributed by atoms with van der Waals surface area (Å²) in [6.45, 7) is 0. The van der Waals surface area contributed by atoms with Crippen LogP contribution in [0.4, 0.5) is 5.82 Å². The minimum absolute atomic E-state index is 0.0607. The number of aromatic nitrogens is 2. The fourth-order valence-corrected chi connectivity index (χ4v) is 2.42. The van der Waals surface area contributed by atoms with E-state index in [2.05, 4.69) is 9.97 Å². The molecular weight excluding hydrogens is 278 g/mol. The number of hydrogen-bond donors (Lipinski definition) is 2. The van der Waals surface area contributed by atoms with Gasteiger partial charge in [0, 0.05) is 22.7 Å². The molecular formula is C16H9N5O. The number of pyridine rings is 2. The van der Waals surface area contributed by atoms with E-state index in [1.54, 1.807) is 24.4 Å². The maximum atomic E-state index is 12.0. The molecule has 0 aliphatic heterocycles. The molecule has 0 aliphatic rings. The van der Waals surface area contributed by atoms with Crippen LogP contribution in [0.3, 0.4) is 0 Å². The van der Waals surface area contributed by atoms with Gasteiger partial charge in [-0.25, -0.2) is 0 Å². The van der Waals surface area contributed by atoms with Gasteiger partial charge in [-0.05, 0) is 6.07 Å². The Kier molecular flexibility index (Phi) is 3.06. The van der Waals surface area contributed by atoms with Crippen LogP contribution in [0.25, 0.3) is 22.0 Å². The Balaban J connectivity index is 2.54. The van der Waals surface area contributed by atoms with Gasteiger partial charge in [0.1, 0.15) is 29.1 Å². The number of H-pyrrole nitrogens is 1. The van der Waals surface area contributed by atoms with E-state index in [0.29, 0.717) is 11.1 Å². The molecule has 2 heterocycles. The lowest BCUT2D eigenvalue weighted by atomic mass is 9.94. The largest absolute Gasteiger partial charge is 0.384 e. The second kappa shape index (κ2) is 5.04. The first-order chi connectivity index (χ1) is 10.7. The number of nitrogen functional groups attached to an aromatic ring is 1. The number of nitriles is 2. The van der Waals surface area contributed by atoms with E-state index < -0.39 is 5.56 Å². The number of anilines is 1. The van der Waals surface area contributed by atoms with Gasteiger partial charge < -0.3 is 10.7 Å². The fraction of sp³-hybridized carbons (Fsp3) is 0. The van der Waals surface area contributed by atoms with Gasteiger partial charge in [0.05, 0.1) is 5.52 Å². The molecule has 0 atom stereocenters. The van der Waals surface area contributed by atoms with Crippen LogP contribution in [0.2, 0.25) is 0 Å². The van der Waals surface area contributed by atoms with Crippen LogP contribution in [-0.4, -0.2) is 9.97 Å². The minimum Gasteiger partial charge on any atom is -0.384 e. The quantitative estimate of drug-likeness (QED) is 0.708. The van der Waals surface area contributed by atoms with E-state index in [9.17, 15) is 15.3 Å². The highest BCUT2D eigenvalue weighted by molar-refractivity contribution is 5.97. The first kappa shape index (κ1) is 13.3. The van der Waals surface area contributed by atoms with Crippen molar-refractivity contribution in [3.63, 3.8) is 0 Å². The fourth-order valence-electron chi connectivity index (χ4n) is 2.42. The van der Waals surface area contributed by atoms with Crippen LogP contribution >= 0.6 is 0 Å². The molecule has 0 amide bonds. The maximum absolute atomic E-state index is 12.0. The van der Waals surface area contributed by atoms with E-state index in [4.69, 9.17) is 5.73 Å². The van der Waals surface area contributed by atoms with Gasteiger partial charge in [-0.3, -0.25) is 9.78 Å². The summed E-state index contributed by atoms with van der Waals surface area (Å²) in [5.41, 5.74) is 6.37. The average Bonchev–Trinajstić information content (AvgIpc) is 2.54. The smallest absolute Gasteiger partial charge is 0.268 e. The summed E-state index contributed by atoms with van der Waals surface area (Å²) in [5.74, 6) is -0.0607. The van der Waals surface area contributed by atoms with Gasteiger partial charge in [0.15, 0.2) is 0 Å². The zero-order chi connectivity index (χ0) is 15.7. The Labute approximate surface area is 125 Å². The summed E-state index contributed by atoms with van der Waals surface area (Å²) < 4.78 is 0. The first-order valence-electron chi connectivity index (χ1n) is 6.37. The number of nitrogens with zero attached hydrogens (tertiary/aromatic N) is 3. The van der Waals surface area contributed by atoms with E-state index >= 15 is 0 Å². The predicted molar refractivity (Wildman–Crippen MR) is 81.6 cm³/mol. The Hall–Kier alpha value is -3.64. The van der Waals surface area contributed by atoms with E-state index in [0.717, 1.165) is 5.39 Å². The topological polar surface area (TPSA) is 119 Å². The Morgan fingerprint density at radius 3 is 2.55 bits per heavy atom. The molecule has 2 aromatic heterocycles. The van der Waals surface area contributed by atoms with Crippen molar-refractivity contribution in [3.05, 3.63) is 58.0 Å². The number of rotatable bonds is 1. The van der Waals surface area contributed by atoms with Crippen LogP contribution in [0.1, 0.15) is 11.1 Å². The highest BCUT2D eigenvalue weighted by Crippen LogP contribution is 2.32. The minimum atomic E-state index is -0.623. The molecule has 0 radical (unpaired) electrons. The second-order valence-electron chi connectivity index (χ2n) is 4.60. The van der Waals surface area contributed by atoms with Gasteiger partial charge in [-0.1, -0.05) is 24.3 Å². The monoisotopic (exact) mass is 287 g/mol. The predicted octanol–water partition coefficient (Wildman–Crippen LogP) is 1.92. The van der Waals surface area contributed by atoms with Gasteiger partial charge in [-0.2, -0.15) is 10.5 Å². The molecule has 6 nitrogen and oxygen atoms in total. The van der Waals surface area contributed by atoms with Crippen molar-refractivity contribution >= 4 is 16.7 Å². The lowest BCUT2D eigenvalue weighted by Crippen LogP contribution is -2.16. The van der Waals surface area contributed by atoms with Crippen molar-refractivity contribution in [3.8, 4) is 23.3 Å². The molecule has 0 saturated heterocycles. The number of benzene rings is 1. The number of para-hydroxylation sites is 1. The van der Waals surface area contributed by atoms with Crippen LogP contribution in [0, 0.1) is 22.7 Å². The highest BCUT2D eigenvalue weighted by Gasteiger charge is 2.19. The normalized spacial score (nSPS) is 10.1. The van der Waals surface area contributed by atoms with Gasteiger partial charge in [0.25, 0.3) is 5.56 Å². The van der Waals surface area contributed by atoms with E-state index in [-0.39, 0.29) is 22.5 Å². The third-order valence-electron chi connectivity index (χ3n) is 3.37. The van der Waals surface area contributed by atoms with Crippen LogP contribution in [-0.2, 0) is 0 Å². The Morgan fingerprint density at radius 1 is 1.09 bits per heavy atom. The van der Waals surface area contributed by atoms with Gasteiger partial charge >= 0.3 is 0 Å². The molecule has 0 unspecified atom stereocenters. The first-order valence-corrected chi connectivity index (χ1v) is 6.37. The maximum Gasteiger partial charge on any atom is 0.268 e. The number of hydrogen-bond acceptors (Lipinski definition) is 5.